The zero-order valence-corrected chi connectivity index (χ0v) is 14.7. The summed E-state index contributed by atoms with van der Waals surface area (Å²) in [6, 6.07) is 6.92. The lowest BCUT2D eigenvalue weighted by Gasteiger charge is -2.39. The fraction of sp³-hybridized carbons (Fsp3) is 0.632. The van der Waals surface area contributed by atoms with Crippen LogP contribution in [0.1, 0.15) is 38.5 Å². The van der Waals surface area contributed by atoms with Crippen molar-refractivity contribution in [2.24, 2.45) is 0 Å². The van der Waals surface area contributed by atoms with E-state index in [1.807, 2.05) is 15.9 Å². The second-order valence-corrected chi connectivity index (χ2v) is 7.04. The number of hydrogen-bond donors (Lipinski definition) is 2. The number of hydrogen-bond acceptors (Lipinski definition) is 3. The van der Waals surface area contributed by atoms with Gasteiger partial charge in [0.25, 0.3) is 0 Å². The van der Waals surface area contributed by atoms with Gasteiger partial charge in [-0.3, -0.25) is 0 Å². The molecule has 2 aliphatic heterocycles. The van der Waals surface area contributed by atoms with E-state index in [2.05, 4.69) is 5.32 Å². The Hall–Kier alpha value is -1.82. The van der Waals surface area contributed by atoms with E-state index in [0.717, 1.165) is 45.2 Å². The van der Waals surface area contributed by atoms with E-state index in [-0.39, 0.29) is 30.5 Å². The van der Waals surface area contributed by atoms with Gasteiger partial charge in [0.2, 0.25) is 0 Å². The van der Waals surface area contributed by atoms with Gasteiger partial charge in [-0.05, 0) is 50.7 Å². The molecule has 2 saturated heterocycles. The van der Waals surface area contributed by atoms with Crippen LogP contribution in [0, 0.1) is 5.82 Å². The number of piperidine rings is 2. The molecule has 5 nitrogen and oxygen atoms in total. The number of aliphatic hydroxyl groups is 1. The monoisotopic (exact) mass is 349 g/mol. The van der Waals surface area contributed by atoms with E-state index >= 15 is 0 Å². The highest BCUT2D eigenvalue weighted by Gasteiger charge is 2.29. The van der Waals surface area contributed by atoms with Gasteiger partial charge >= 0.3 is 6.03 Å². The molecule has 138 valence electrons. The summed E-state index contributed by atoms with van der Waals surface area (Å²) in [6.45, 7) is 2.30. The van der Waals surface area contributed by atoms with Crippen LogP contribution in [0.15, 0.2) is 24.3 Å². The van der Waals surface area contributed by atoms with Crippen LogP contribution in [0.4, 0.5) is 14.9 Å². The number of halogens is 1. The van der Waals surface area contributed by atoms with Crippen LogP contribution >= 0.6 is 0 Å². The van der Waals surface area contributed by atoms with E-state index in [9.17, 15) is 14.3 Å². The summed E-state index contributed by atoms with van der Waals surface area (Å²) in [5.74, 6) is -0.214. The van der Waals surface area contributed by atoms with Gasteiger partial charge in [-0.1, -0.05) is 12.1 Å². The molecule has 3 rings (SSSR count). The molecule has 25 heavy (non-hydrogen) atoms. The Morgan fingerprint density at radius 1 is 1.20 bits per heavy atom. The largest absolute Gasteiger partial charge is 0.396 e. The summed E-state index contributed by atoms with van der Waals surface area (Å²) in [7, 11) is 0. The minimum atomic E-state index is -0.214. The summed E-state index contributed by atoms with van der Waals surface area (Å²) >= 11 is 0. The van der Waals surface area contributed by atoms with Crippen LogP contribution in [0.25, 0.3) is 0 Å². The maximum atomic E-state index is 14.0. The standard InChI is InChI=1S/C19H28FN3O2/c20-17-8-1-2-9-18(17)22-11-5-6-15(14-22)21-19(25)23-12-4-3-7-16(23)10-13-24/h1-2,8-9,15-16,24H,3-7,10-14H2,(H,21,25). The van der Waals surface area contributed by atoms with Crippen LogP contribution < -0.4 is 10.2 Å². The lowest BCUT2D eigenvalue weighted by molar-refractivity contribution is 0.129. The number of urea groups is 1. The summed E-state index contributed by atoms with van der Waals surface area (Å²) in [5.41, 5.74) is 0.609. The predicted octanol–water partition coefficient (Wildman–Crippen LogP) is 2.74. The molecule has 0 aromatic heterocycles. The summed E-state index contributed by atoms with van der Waals surface area (Å²) in [6.07, 6.45) is 5.56. The van der Waals surface area contributed by atoms with Crippen LogP contribution in [0.2, 0.25) is 0 Å². The molecule has 0 saturated carbocycles. The number of anilines is 1. The zero-order valence-electron chi connectivity index (χ0n) is 14.7. The van der Waals surface area contributed by atoms with Crippen LogP contribution in [0.5, 0.6) is 0 Å². The highest BCUT2D eigenvalue weighted by molar-refractivity contribution is 5.75. The fourth-order valence-corrected chi connectivity index (χ4v) is 4.00. The smallest absolute Gasteiger partial charge is 0.317 e. The highest BCUT2D eigenvalue weighted by atomic mass is 19.1. The Kier molecular flexibility index (Phi) is 6.13. The van der Waals surface area contributed by atoms with E-state index in [1.165, 1.54) is 6.07 Å². The number of para-hydroxylation sites is 1. The SMILES string of the molecule is O=C(NC1CCCN(c2ccccc2F)C1)N1CCCCC1CCO. The van der Waals surface area contributed by atoms with Crippen molar-refractivity contribution >= 4 is 11.7 Å². The summed E-state index contributed by atoms with van der Waals surface area (Å²) in [5, 5.41) is 12.4. The Balaban J connectivity index is 1.60. The second-order valence-electron chi connectivity index (χ2n) is 7.04. The first-order valence-corrected chi connectivity index (χ1v) is 9.36. The van der Waals surface area contributed by atoms with E-state index in [0.29, 0.717) is 18.7 Å². The minimum absolute atomic E-state index is 0.0255. The summed E-state index contributed by atoms with van der Waals surface area (Å²) in [4.78, 5) is 16.6. The molecule has 2 aliphatic rings. The number of nitrogens with zero attached hydrogens (tertiary/aromatic N) is 2. The van der Waals surface area contributed by atoms with E-state index in [4.69, 9.17) is 0 Å². The maximum absolute atomic E-state index is 14.0. The number of benzene rings is 1. The molecule has 2 amide bonds. The third-order valence-corrected chi connectivity index (χ3v) is 5.29. The predicted molar refractivity (Wildman–Crippen MR) is 96.2 cm³/mol. The molecular formula is C19H28FN3O2. The zero-order chi connectivity index (χ0) is 17.6. The molecule has 2 atom stereocenters. The first-order chi connectivity index (χ1) is 12.2. The first kappa shape index (κ1) is 18.0. The van der Waals surface area contributed by atoms with Crippen molar-refractivity contribution in [3.63, 3.8) is 0 Å². The van der Waals surface area contributed by atoms with Gasteiger partial charge in [0.1, 0.15) is 5.82 Å². The van der Waals surface area contributed by atoms with Gasteiger partial charge in [0.15, 0.2) is 0 Å². The molecule has 2 unspecified atom stereocenters. The van der Waals surface area contributed by atoms with Gasteiger partial charge in [0, 0.05) is 38.3 Å². The molecule has 1 aromatic rings. The molecular weight excluding hydrogens is 321 g/mol. The van der Waals surface area contributed by atoms with Crippen LogP contribution in [0.3, 0.4) is 0 Å². The Bertz CT molecular complexity index is 582. The maximum Gasteiger partial charge on any atom is 0.317 e. The van der Waals surface area contributed by atoms with Crippen molar-refractivity contribution in [2.45, 2.75) is 50.6 Å². The molecule has 6 heteroatoms. The number of likely N-dealkylation sites (tertiary alicyclic amines) is 1. The van der Waals surface area contributed by atoms with Gasteiger partial charge in [-0.25, -0.2) is 9.18 Å². The lowest BCUT2D eigenvalue weighted by Crippen LogP contribution is -2.55. The average Bonchev–Trinajstić information content (AvgIpc) is 2.63. The lowest BCUT2D eigenvalue weighted by atomic mass is 10.00. The molecule has 2 fully saturated rings. The highest BCUT2D eigenvalue weighted by Crippen LogP contribution is 2.24. The van der Waals surface area contributed by atoms with Crippen molar-refractivity contribution in [1.82, 2.24) is 10.2 Å². The quantitative estimate of drug-likeness (QED) is 0.879. The van der Waals surface area contributed by atoms with Crippen LogP contribution in [-0.2, 0) is 0 Å². The van der Waals surface area contributed by atoms with Crippen molar-refractivity contribution in [3.8, 4) is 0 Å². The molecule has 0 radical (unpaired) electrons. The van der Waals surface area contributed by atoms with Gasteiger partial charge < -0.3 is 20.2 Å². The number of carbonyl (C=O) groups is 1. The number of carbonyl (C=O) groups excluding carboxylic acids is 1. The normalized spacial score (nSPS) is 24.2. The Morgan fingerprint density at radius 2 is 2.04 bits per heavy atom. The van der Waals surface area contributed by atoms with E-state index < -0.39 is 0 Å². The number of aliphatic hydroxyl groups excluding tert-OH is 1. The topological polar surface area (TPSA) is 55.8 Å². The van der Waals surface area contributed by atoms with Gasteiger partial charge in [0.05, 0.1) is 5.69 Å². The average molecular weight is 349 g/mol. The van der Waals surface area contributed by atoms with Crippen molar-refractivity contribution in [3.05, 3.63) is 30.1 Å². The molecule has 2 N–H and O–H groups in total. The Labute approximate surface area is 148 Å². The number of nitrogens with one attached hydrogen (secondary N) is 1. The molecule has 0 aliphatic carbocycles. The van der Waals surface area contributed by atoms with Gasteiger partial charge in [-0.15, -0.1) is 0 Å². The third kappa shape index (κ3) is 4.42. The van der Waals surface area contributed by atoms with Crippen molar-refractivity contribution in [2.75, 3.05) is 31.1 Å². The van der Waals surface area contributed by atoms with E-state index in [1.54, 1.807) is 12.1 Å². The molecule has 2 heterocycles. The number of amides is 2. The third-order valence-electron chi connectivity index (χ3n) is 5.29. The molecule has 0 bridgehead atoms. The van der Waals surface area contributed by atoms with Crippen LogP contribution in [-0.4, -0.2) is 54.4 Å². The first-order valence-electron chi connectivity index (χ1n) is 9.36. The van der Waals surface area contributed by atoms with Crippen molar-refractivity contribution in [1.29, 1.82) is 0 Å². The Morgan fingerprint density at radius 3 is 2.84 bits per heavy atom. The minimum Gasteiger partial charge on any atom is -0.396 e. The molecule has 0 spiro atoms. The van der Waals surface area contributed by atoms with Gasteiger partial charge in [-0.2, -0.15) is 0 Å². The van der Waals surface area contributed by atoms with Crippen molar-refractivity contribution < 1.29 is 14.3 Å². The second kappa shape index (κ2) is 8.52. The molecule has 1 aromatic carbocycles. The summed E-state index contributed by atoms with van der Waals surface area (Å²) < 4.78 is 14.0. The number of rotatable bonds is 4. The fourth-order valence-electron chi connectivity index (χ4n) is 4.00.